The Morgan fingerprint density at radius 1 is 1.07 bits per heavy atom. The summed E-state index contributed by atoms with van der Waals surface area (Å²) < 4.78 is 9.86. The highest BCUT2D eigenvalue weighted by atomic mass is 35.5. The van der Waals surface area contributed by atoms with E-state index >= 15 is 0 Å². The van der Waals surface area contributed by atoms with Crippen LogP contribution in [0.5, 0.6) is 5.75 Å². The number of esters is 1. The maximum atomic E-state index is 11.9. The third kappa shape index (κ3) is 6.31. The van der Waals surface area contributed by atoms with E-state index in [1.807, 2.05) is 0 Å². The van der Waals surface area contributed by atoms with Gasteiger partial charge < -0.3 is 20.1 Å². The van der Waals surface area contributed by atoms with Crippen molar-refractivity contribution < 1.29 is 23.9 Å². The van der Waals surface area contributed by atoms with Gasteiger partial charge in [0.25, 0.3) is 11.8 Å². The zero-order valence-electron chi connectivity index (χ0n) is 14.9. The largest absolute Gasteiger partial charge is 0.497 e. The van der Waals surface area contributed by atoms with Crippen LogP contribution in [-0.2, 0) is 14.3 Å². The number of carbonyl (C=O) groups is 3. The molecule has 0 aromatic heterocycles. The molecule has 0 aliphatic rings. The summed E-state index contributed by atoms with van der Waals surface area (Å²) in [7, 11) is 1.52. The number of halogens is 1. The molecule has 2 aromatic rings. The fourth-order valence-corrected chi connectivity index (χ4v) is 2.37. The Morgan fingerprint density at radius 2 is 1.78 bits per heavy atom. The molecule has 142 valence electrons. The summed E-state index contributed by atoms with van der Waals surface area (Å²) in [4.78, 5) is 35.5. The molecule has 0 spiro atoms. The highest BCUT2D eigenvalue weighted by Gasteiger charge is 2.12. The quantitative estimate of drug-likeness (QED) is 0.709. The first-order valence-corrected chi connectivity index (χ1v) is 8.40. The Hall–Kier alpha value is -3.06. The first-order chi connectivity index (χ1) is 12.9. The third-order valence-corrected chi connectivity index (χ3v) is 3.81. The SMILES string of the molecule is COc1ccc(C(=O)NCC(=O)OCC(=O)Nc2ccc(Cl)cc2C)cc1. The number of amides is 2. The molecule has 0 unspecified atom stereocenters. The number of hydrogen-bond acceptors (Lipinski definition) is 5. The Morgan fingerprint density at radius 3 is 2.41 bits per heavy atom. The van der Waals surface area contributed by atoms with Crippen LogP contribution in [0, 0.1) is 6.92 Å². The van der Waals surface area contributed by atoms with Crippen LogP contribution in [0.3, 0.4) is 0 Å². The van der Waals surface area contributed by atoms with Crippen molar-refractivity contribution in [2.45, 2.75) is 6.92 Å². The predicted molar refractivity (Wildman–Crippen MR) is 101 cm³/mol. The van der Waals surface area contributed by atoms with Crippen molar-refractivity contribution in [3.05, 3.63) is 58.6 Å². The van der Waals surface area contributed by atoms with Crippen molar-refractivity contribution in [3.8, 4) is 5.75 Å². The fraction of sp³-hybridized carbons (Fsp3) is 0.211. The standard InChI is InChI=1S/C19H19ClN2O5/c1-12-9-14(20)5-8-16(12)22-17(23)11-27-18(24)10-21-19(25)13-3-6-15(26-2)7-4-13/h3-9H,10-11H2,1-2H3,(H,21,25)(H,22,23). The number of benzene rings is 2. The summed E-state index contributed by atoms with van der Waals surface area (Å²) in [6, 6.07) is 11.4. The Kier molecular flexibility index (Phi) is 7.19. The van der Waals surface area contributed by atoms with Gasteiger partial charge >= 0.3 is 5.97 Å². The van der Waals surface area contributed by atoms with Crippen molar-refractivity contribution in [3.63, 3.8) is 0 Å². The summed E-state index contributed by atoms with van der Waals surface area (Å²) in [6.45, 7) is 0.986. The number of aryl methyl sites for hydroxylation is 1. The van der Waals surface area contributed by atoms with E-state index in [-0.39, 0.29) is 6.54 Å². The second-order valence-electron chi connectivity index (χ2n) is 5.58. The average molecular weight is 391 g/mol. The minimum atomic E-state index is -0.722. The molecule has 7 nitrogen and oxygen atoms in total. The average Bonchev–Trinajstić information content (AvgIpc) is 2.66. The molecule has 0 fully saturated rings. The van der Waals surface area contributed by atoms with Crippen LogP contribution in [0.25, 0.3) is 0 Å². The van der Waals surface area contributed by atoms with E-state index in [4.69, 9.17) is 21.1 Å². The van der Waals surface area contributed by atoms with Gasteiger partial charge in [-0.05, 0) is 55.0 Å². The molecular formula is C19H19ClN2O5. The summed E-state index contributed by atoms with van der Waals surface area (Å²) in [5, 5.41) is 5.60. The molecule has 0 bridgehead atoms. The molecule has 2 rings (SSSR count). The van der Waals surface area contributed by atoms with Gasteiger partial charge in [0.15, 0.2) is 6.61 Å². The normalized spacial score (nSPS) is 10.0. The summed E-state index contributed by atoms with van der Waals surface area (Å²) in [5.74, 6) is -1.03. The van der Waals surface area contributed by atoms with Crippen LogP contribution in [0.15, 0.2) is 42.5 Å². The number of methoxy groups -OCH3 is 1. The molecule has 8 heteroatoms. The van der Waals surface area contributed by atoms with Crippen molar-refractivity contribution >= 4 is 35.1 Å². The smallest absolute Gasteiger partial charge is 0.325 e. The highest BCUT2D eigenvalue weighted by Crippen LogP contribution is 2.19. The van der Waals surface area contributed by atoms with Crippen LogP contribution in [0.4, 0.5) is 5.69 Å². The maximum absolute atomic E-state index is 11.9. The van der Waals surface area contributed by atoms with Gasteiger partial charge in [-0.15, -0.1) is 0 Å². The van der Waals surface area contributed by atoms with Gasteiger partial charge in [0.05, 0.1) is 7.11 Å². The lowest BCUT2D eigenvalue weighted by Crippen LogP contribution is -2.32. The van der Waals surface area contributed by atoms with Crippen LogP contribution in [0.2, 0.25) is 5.02 Å². The third-order valence-electron chi connectivity index (χ3n) is 3.57. The Balaban J connectivity index is 1.74. The molecule has 2 N–H and O–H groups in total. The Labute approximate surface area is 161 Å². The van der Waals surface area contributed by atoms with Crippen LogP contribution < -0.4 is 15.4 Å². The van der Waals surface area contributed by atoms with Crippen molar-refractivity contribution in [1.82, 2.24) is 5.32 Å². The minimum Gasteiger partial charge on any atom is -0.497 e. The van der Waals surface area contributed by atoms with Gasteiger partial charge in [-0.25, -0.2) is 0 Å². The van der Waals surface area contributed by atoms with E-state index in [0.29, 0.717) is 22.0 Å². The van der Waals surface area contributed by atoms with Crippen LogP contribution in [0.1, 0.15) is 15.9 Å². The summed E-state index contributed by atoms with van der Waals surface area (Å²) in [5.41, 5.74) is 1.74. The van der Waals surface area contributed by atoms with Gasteiger partial charge in [0, 0.05) is 16.3 Å². The van der Waals surface area contributed by atoms with E-state index in [9.17, 15) is 14.4 Å². The molecule has 0 aliphatic carbocycles. The minimum absolute atomic E-state index is 0.349. The van der Waals surface area contributed by atoms with Crippen molar-refractivity contribution in [2.24, 2.45) is 0 Å². The topological polar surface area (TPSA) is 93.7 Å². The fourth-order valence-electron chi connectivity index (χ4n) is 2.15. The first kappa shape index (κ1) is 20.3. The number of carbonyl (C=O) groups excluding carboxylic acids is 3. The lowest BCUT2D eigenvalue weighted by Gasteiger charge is -2.10. The second-order valence-corrected chi connectivity index (χ2v) is 6.02. The van der Waals surface area contributed by atoms with Crippen molar-refractivity contribution in [2.75, 3.05) is 25.6 Å². The van der Waals surface area contributed by atoms with E-state index in [0.717, 1.165) is 5.56 Å². The summed E-state index contributed by atoms with van der Waals surface area (Å²) >= 11 is 5.85. The molecule has 0 saturated carbocycles. The van der Waals surface area contributed by atoms with Gasteiger partial charge in [0.1, 0.15) is 12.3 Å². The summed E-state index contributed by atoms with van der Waals surface area (Å²) in [6.07, 6.45) is 0. The molecule has 0 heterocycles. The molecule has 0 radical (unpaired) electrons. The molecular weight excluding hydrogens is 372 g/mol. The van der Waals surface area contributed by atoms with Gasteiger partial charge in [-0.2, -0.15) is 0 Å². The van der Waals surface area contributed by atoms with E-state index in [1.165, 1.54) is 7.11 Å². The van der Waals surface area contributed by atoms with Crippen LogP contribution >= 0.6 is 11.6 Å². The lowest BCUT2D eigenvalue weighted by molar-refractivity contribution is -0.146. The van der Waals surface area contributed by atoms with Gasteiger partial charge in [-0.3, -0.25) is 14.4 Å². The van der Waals surface area contributed by atoms with Gasteiger partial charge in [-0.1, -0.05) is 11.6 Å². The lowest BCUT2D eigenvalue weighted by atomic mass is 10.2. The van der Waals surface area contributed by atoms with Crippen molar-refractivity contribution in [1.29, 1.82) is 0 Å². The number of anilines is 1. The zero-order valence-corrected chi connectivity index (χ0v) is 15.6. The zero-order chi connectivity index (χ0) is 19.8. The van der Waals surface area contributed by atoms with Gasteiger partial charge in [0.2, 0.25) is 0 Å². The maximum Gasteiger partial charge on any atom is 0.325 e. The second kappa shape index (κ2) is 9.59. The molecule has 2 amide bonds. The van der Waals surface area contributed by atoms with Crippen LogP contribution in [-0.4, -0.2) is 38.0 Å². The highest BCUT2D eigenvalue weighted by molar-refractivity contribution is 6.30. The van der Waals surface area contributed by atoms with E-state index in [1.54, 1.807) is 49.4 Å². The molecule has 27 heavy (non-hydrogen) atoms. The molecule has 0 aliphatic heterocycles. The molecule has 2 aromatic carbocycles. The van der Waals surface area contributed by atoms with E-state index < -0.39 is 24.4 Å². The van der Waals surface area contributed by atoms with E-state index in [2.05, 4.69) is 10.6 Å². The monoisotopic (exact) mass is 390 g/mol. The predicted octanol–water partition coefficient (Wildman–Crippen LogP) is 2.57. The number of rotatable bonds is 7. The molecule has 0 atom stereocenters. The number of hydrogen-bond donors (Lipinski definition) is 2. The molecule has 0 saturated heterocycles. The number of nitrogens with one attached hydrogen (secondary N) is 2. The number of ether oxygens (including phenoxy) is 2. The first-order valence-electron chi connectivity index (χ1n) is 8.03. The Bertz CT molecular complexity index is 836.